The summed E-state index contributed by atoms with van der Waals surface area (Å²) in [6.07, 6.45) is 49.7. The molecule has 4 N–H and O–H groups in total. The number of carbonyl (C=O) groups is 2. The summed E-state index contributed by atoms with van der Waals surface area (Å²) in [5.41, 5.74) is 0. The van der Waals surface area contributed by atoms with E-state index in [4.69, 9.17) is 19.1 Å². The molecule has 4 atom stereocenters. The number of carbonyl (C=O) groups excluding carboxylic acids is 2. The highest BCUT2D eigenvalue weighted by atomic mass is 31.2. The molecule has 0 fully saturated rings. The summed E-state index contributed by atoms with van der Waals surface area (Å²) in [6, 6.07) is 0. The van der Waals surface area contributed by atoms with Crippen molar-refractivity contribution in [3.8, 4) is 0 Å². The highest BCUT2D eigenvalue weighted by molar-refractivity contribution is 7.47. The molecule has 0 saturated carbocycles. The Morgan fingerprint density at radius 3 is 1.63 bits per heavy atom. The van der Waals surface area contributed by atoms with Gasteiger partial charge in [-0.1, -0.05) is 155 Å². The standard InChI is InChI=1S/C48H77O11P/c1-3-5-7-8-9-10-11-12-13-14-15-16-17-18-21-25-28-31-35-39-48(53)59-46(43-58-60(54,55)57-41-45(51)40-49)42-56-47(52)38-34-30-27-24-22-19-20-23-26-29-33-37-44(50)36-32-6-4-2/h9-10,12-13,15-16,18-21,24,26-29,31,33,37,44-46,49-51H,3-8,11,14,17,22-23,25,30,32,34-36,38-43H2,1-2H3,(H,54,55)/b10-9-,13-12-,16-15-,20-19-,21-18-,27-24-,29-26-,31-28-,37-33+/t44-,45+,46-/m1/s1. The molecule has 60 heavy (non-hydrogen) atoms. The van der Waals surface area contributed by atoms with E-state index in [9.17, 15) is 29.3 Å². The zero-order valence-electron chi connectivity index (χ0n) is 36.5. The van der Waals surface area contributed by atoms with Gasteiger partial charge in [0.15, 0.2) is 6.10 Å². The third kappa shape index (κ3) is 41.3. The van der Waals surface area contributed by atoms with E-state index < -0.39 is 64.5 Å². The molecule has 0 amide bonds. The largest absolute Gasteiger partial charge is 0.472 e. The number of esters is 2. The number of rotatable bonds is 39. The topological polar surface area (TPSA) is 169 Å². The second-order valence-electron chi connectivity index (χ2n) is 14.2. The Labute approximate surface area is 361 Å². The first-order chi connectivity index (χ1) is 29.1. The molecule has 11 nitrogen and oxygen atoms in total. The number of aliphatic hydroxyl groups excluding tert-OH is 3. The van der Waals surface area contributed by atoms with Crippen LogP contribution < -0.4 is 0 Å². The zero-order chi connectivity index (χ0) is 44.2. The van der Waals surface area contributed by atoms with Crippen LogP contribution in [0.4, 0.5) is 0 Å². The fourth-order valence-electron chi connectivity index (χ4n) is 5.08. The quantitative estimate of drug-likeness (QED) is 0.0153. The average molecular weight is 861 g/mol. The van der Waals surface area contributed by atoms with Gasteiger partial charge in [-0.2, -0.15) is 0 Å². The van der Waals surface area contributed by atoms with Crippen LogP contribution in [0.25, 0.3) is 0 Å². The van der Waals surface area contributed by atoms with Gasteiger partial charge in [0, 0.05) is 12.8 Å². The smallest absolute Gasteiger partial charge is 0.462 e. The molecule has 0 aliphatic carbocycles. The predicted octanol–water partition coefficient (Wildman–Crippen LogP) is 10.7. The number of aliphatic hydroxyl groups is 3. The first-order valence-electron chi connectivity index (χ1n) is 22.0. The molecule has 0 spiro atoms. The Hall–Kier alpha value is -3.41. The predicted molar refractivity (Wildman–Crippen MR) is 243 cm³/mol. The number of phosphoric acid groups is 1. The molecule has 0 radical (unpaired) electrons. The van der Waals surface area contributed by atoms with Crippen LogP contribution in [0.2, 0.25) is 0 Å². The van der Waals surface area contributed by atoms with Gasteiger partial charge >= 0.3 is 19.8 Å². The van der Waals surface area contributed by atoms with Gasteiger partial charge in [0.2, 0.25) is 0 Å². The lowest BCUT2D eigenvalue weighted by Crippen LogP contribution is -2.29. The number of allylic oxidation sites excluding steroid dienone is 17. The third-order valence-corrected chi connectivity index (χ3v) is 9.47. The van der Waals surface area contributed by atoms with Crippen LogP contribution in [-0.2, 0) is 32.7 Å². The lowest BCUT2D eigenvalue weighted by molar-refractivity contribution is -0.161. The normalized spacial score (nSPS) is 15.4. The number of unbranched alkanes of at least 4 members (excludes halogenated alkanes) is 6. The molecular formula is C48H77O11P. The number of hydrogen-bond donors (Lipinski definition) is 4. The molecule has 340 valence electrons. The van der Waals surface area contributed by atoms with Crippen molar-refractivity contribution in [3.05, 3.63) is 109 Å². The Bertz CT molecular complexity index is 1380. The molecule has 0 aromatic rings. The van der Waals surface area contributed by atoms with Gasteiger partial charge in [0.05, 0.1) is 25.9 Å². The van der Waals surface area contributed by atoms with Crippen LogP contribution in [-0.4, -0.2) is 76.9 Å². The van der Waals surface area contributed by atoms with Crippen LogP contribution in [0.1, 0.15) is 136 Å². The summed E-state index contributed by atoms with van der Waals surface area (Å²) >= 11 is 0. The van der Waals surface area contributed by atoms with Gasteiger partial charge < -0.3 is 29.7 Å². The maximum absolute atomic E-state index is 12.6. The van der Waals surface area contributed by atoms with Gasteiger partial charge in [0.25, 0.3) is 0 Å². The van der Waals surface area contributed by atoms with E-state index in [-0.39, 0.29) is 12.8 Å². The van der Waals surface area contributed by atoms with E-state index in [0.29, 0.717) is 25.7 Å². The van der Waals surface area contributed by atoms with Crippen molar-refractivity contribution in [2.45, 2.75) is 154 Å². The lowest BCUT2D eigenvalue weighted by atomic mass is 10.1. The van der Waals surface area contributed by atoms with Crippen molar-refractivity contribution < 1.29 is 52.9 Å². The van der Waals surface area contributed by atoms with Gasteiger partial charge in [-0.15, -0.1) is 0 Å². The van der Waals surface area contributed by atoms with Crippen molar-refractivity contribution in [1.82, 2.24) is 0 Å². The zero-order valence-corrected chi connectivity index (χ0v) is 37.4. The highest BCUT2D eigenvalue weighted by Crippen LogP contribution is 2.43. The molecule has 0 rings (SSSR count). The monoisotopic (exact) mass is 861 g/mol. The van der Waals surface area contributed by atoms with E-state index in [1.807, 2.05) is 54.7 Å². The fraction of sp³-hybridized carbons (Fsp3) is 0.583. The van der Waals surface area contributed by atoms with Crippen molar-refractivity contribution in [1.29, 1.82) is 0 Å². The minimum absolute atomic E-state index is 0.0331. The number of ether oxygens (including phenoxy) is 2. The molecule has 0 saturated heterocycles. The maximum atomic E-state index is 12.6. The minimum Gasteiger partial charge on any atom is -0.462 e. The second kappa shape index (κ2) is 42.3. The number of phosphoric ester groups is 1. The molecule has 12 heteroatoms. The maximum Gasteiger partial charge on any atom is 0.472 e. The van der Waals surface area contributed by atoms with Crippen molar-refractivity contribution in [3.63, 3.8) is 0 Å². The molecular weight excluding hydrogens is 783 g/mol. The Morgan fingerprint density at radius 1 is 0.567 bits per heavy atom. The van der Waals surface area contributed by atoms with Gasteiger partial charge in [-0.3, -0.25) is 18.6 Å². The Morgan fingerprint density at radius 2 is 1.07 bits per heavy atom. The number of hydrogen-bond acceptors (Lipinski definition) is 10. The van der Waals surface area contributed by atoms with E-state index >= 15 is 0 Å². The van der Waals surface area contributed by atoms with Gasteiger partial charge in [-0.05, 0) is 77.0 Å². The second-order valence-corrected chi connectivity index (χ2v) is 15.7. The van der Waals surface area contributed by atoms with E-state index in [0.717, 1.165) is 64.2 Å². The molecule has 0 aliphatic heterocycles. The SMILES string of the molecule is CCCCC/C=C\C/C=C\C/C=C\C/C=C\C/C=C\CCC(=O)O[C@H](COC(=O)CCC/C=C\C/C=C\C/C=C\C=C\[C@H](O)CCCCC)COP(=O)(O)OC[C@@H](O)CO. The molecule has 0 aromatic heterocycles. The summed E-state index contributed by atoms with van der Waals surface area (Å²) in [5, 5.41) is 28.2. The van der Waals surface area contributed by atoms with Crippen molar-refractivity contribution in [2.75, 3.05) is 26.4 Å². The minimum atomic E-state index is -4.67. The average Bonchev–Trinajstić information content (AvgIpc) is 3.23. The van der Waals surface area contributed by atoms with Gasteiger partial charge in [-0.25, -0.2) is 4.57 Å². The van der Waals surface area contributed by atoms with E-state index in [2.05, 4.69) is 73.1 Å². The summed E-state index contributed by atoms with van der Waals surface area (Å²) in [5.74, 6) is -1.13. The van der Waals surface area contributed by atoms with E-state index in [1.54, 1.807) is 0 Å². The van der Waals surface area contributed by atoms with Crippen molar-refractivity contribution in [2.24, 2.45) is 0 Å². The van der Waals surface area contributed by atoms with Crippen LogP contribution in [0.5, 0.6) is 0 Å². The van der Waals surface area contributed by atoms with Crippen LogP contribution in [0, 0.1) is 0 Å². The highest BCUT2D eigenvalue weighted by Gasteiger charge is 2.27. The lowest BCUT2D eigenvalue weighted by Gasteiger charge is -2.20. The Balaban J connectivity index is 4.58. The molecule has 1 unspecified atom stereocenters. The molecule has 0 bridgehead atoms. The summed E-state index contributed by atoms with van der Waals surface area (Å²) < 4.78 is 32.5. The van der Waals surface area contributed by atoms with Crippen LogP contribution >= 0.6 is 7.82 Å². The molecule has 0 aliphatic rings. The van der Waals surface area contributed by atoms with Crippen LogP contribution in [0.15, 0.2) is 109 Å². The fourth-order valence-corrected chi connectivity index (χ4v) is 5.87. The van der Waals surface area contributed by atoms with Crippen LogP contribution in [0.3, 0.4) is 0 Å². The third-order valence-electron chi connectivity index (χ3n) is 8.52. The summed E-state index contributed by atoms with van der Waals surface area (Å²) in [6.45, 7) is 2.04. The summed E-state index contributed by atoms with van der Waals surface area (Å²) in [4.78, 5) is 34.9. The van der Waals surface area contributed by atoms with E-state index in [1.165, 1.54) is 19.3 Å². The Kier molecular flexibility index (Phi) is 39.9. The molecule has 0 aromatic carbocycles. The summed E-state index contributed by atoms with van der Waals surface area (Å²) in [7, 11) is -4.67. The first-order valence-corrected chi connectivity index (χ1v) is 23.4. The van der Waals surface area contributed by atoms with Crippen molar-refractivity contribution >= 4 is 19.8 Å². The first kappa shape index (κ1) is 56.6. The van der Waals surface area contributed by atoms with Gasteiger partial charge in [0.1, 0.15) is 12.7 Å². The molecule has 0 heterocycles.